The standard InChI is InChI=1S/C35H63N5O5/c1-23(2)29(22-26(7)33(43)40-20-14-17-27(40)31(41)36-18-15-21-45-25(5)6)38(11)34(44)30(35(8,9)10)37-32(42)28-16-12-13-19-39(28)24(3)4/h22-25,27-30H,12-21H2,1-11H3,(H,36,41)(H,37,42)/b26-22+/t27-,28+,29+,30+/m0/s1. The summed E-state index contributed by atoms with van der Waals surface area (Å²) < 4.78 is 5.55. The van der Waals surface area contributed by atoms with Gasteiger partial charge >= 0.3 is 0 Å². The third kappa shape index (κ3) is 11.1. The highest BCUT2D eigenvalue weighted by molar-refractivity contribution is 5.97. The second-order valence-electron chi connectivity index (χ2n) is 14.9. The number of carbonyl (C=O) groups excluding carboxylic acids is 4. The Bertz CT molecular complexity index is 1030. The van der Waals surface area contributed by atoms with E-state index in [1.165, 1.54) is 0 Å². The first-order valence-electron chi connectivity index (χ1n) is 17.2. The Morgan fingerprint density at radius 3 is 2.16 bits per heavy atom. The van der Waals surface area contributed by atoms with E-state index in [4.69, 9.17) is 4.74 Å². The van der Waals surface area contributed by atoms with Crippen LogP contribution < -0.4 is 10.6 Å². The van der Waals surface area contributed by atoms with Crippen molar-refractivity contribution in [1.29, 1.82) is 0 Å². The largest absolute Gasteiger partial charge is 0.379 e. The second-order valence-corrected chi connectivity index (χ2v) is 14.9. The molecule has 2 rings (SSSR count). The number of ether oxygens (including phenoxy) is 1. The summed E-state index contributed by atoms with van der Waals surface area (Å²) in [5, 5.41) is 6.10. The molecule has 0 aliphatic carbocycles. The van der Waals surface area contributed by atoms with Gasteiger partial charge in [0.1, 0.15) is 12.1 Å². The lowest BCUT2D eigenvalue weighted by molar-refractivity contribution is -0.142. The number of hydrogen-bond acceptors (Lipinski definition) is 6. The third-order valence-electron chi connectivity index (χ3n) is 9.03. The van der Waals surface area contributed by atoms with E-state index in [-0.39, 0.29) is 53.8 Å². The van der Waals surface area contributed by atoms with Crippen LogP contribution in [-0.2, 0) is 23.9 Å². The van der Waals surface area contributed by atoms with Crippen LogP contribution in [0.15, 0.2) is 11.6 Å². The molecule has 4 amide bonds. The van der Waals surface area contributed by atoms with E-state index in [0.29, 0.717) is 38.1 Å². The summed E-state index contributed by atoms with van der Waals surface area (Å²) >= 11 is 0. The first kappa shape index (κ1) is 38.7. The van der Waals surface area contributed by atoms with Crippen LogP contribution in [-0.4, -0.2) is 108 Å². The number of piperidine rings is 1. The fourth-order valence-electron chi connectivity index (χ4n) is 6.40. The highest BCUT2D eigenvalue weighted by Gasteiger charge is 2.40. The Balaban J connectivity index is 2.17. The van der Waals surface area contributed by atoms with E-state index in [1.807, 2.05) is 54.5 Å². The zero-order valence-corrected chi connectivity index (χ0v) is 30.1. The molecule has 4 atom stereocenters. The molecule has 0 bridgehead atoms. The van der Waals surface area contributed by atoms with Crippen LogP contribution in [0.4, 0.5) is 0 Å². The fourth-order valence-corrected chi connectivity index (χ4v) is 6.40. The Labute approximate surface area is 273 Å². The van der Waals surface area contributed by atoms with Crippen molar-refractivity contribution in [3.05, 3.63) is 11.6 Å². The zero-order valence-electron chi connectivity index (χ0n) is 30.1. The van der Waals surface area contributed by atoms with Crippen LogP contribution >= 0.6 is 0 Å². The number of carbonyl (C=O) groups is 4. The van der Waals surface area contributed by atoms with Gasteiger partial charge in [-0.15, -0.1) is 0 Å². The minimum Gasteiger partial charge on any atom is -0.379 e. The fraction of sp³-hybridized carbons (Fsp3) is 0.829. The molecule has 2 aliphatic rings. The molecule has 2 N–H and O–H groups in total. The molecule has 0 spiro atoms. The summed E-state index contributed by atoms with van der Waals surface area (Å²) in [4.78, 5) is 59.9. The summed E-state index contributed by atoms with van der Waals surface area (Å²) in [6.45, 7) is 22.4. The van der Waals surface area contributed by atoms with Crippen molar-refractivity contribution < 1.29 is 23.9 Å². The maximum atomic E-state index is 14.1. The summed E-state index contributed by atoms with van der Waals surface area (Å²) in [6.07, 6.45) is 6.96. The van der Waals surface area contributed by atoms with Crippen molar-refractivity contribution >= 4 is 23.6 Å². The number of hydrogen-bond donors (Lipinski definition) is 2. The van der Waals surface area contributed by atoms with Gasteiger partial charge < -0.3 is 25.2 Å². The molecule has 0 radical (unpaired) electrons. The summed E-state index contributed by atoms with van der Waals surface area (Å²) in [7, 11) is 1.75. The van der Waals surface area contributed by atoms with Crippen molar-refractivity contribution in [1.82, 2.24) is 25.3 Å². The van der Waals surface area contributed by atoms with Gasteiger partial charge in [0.15, 0.2) is 0 Å². The van der Waals surface area contributed by atoms with Crippen LogP contribution in [0.5, 0.6) is 0 Å². The molecule has 258 valence electrons. The summed E-state index contributed by atoms with van der Waals surface area (Å²) in [6, 6.07) is -1.61. The van der Waals surface area contributed by atoms with Crippen LogP contribution in [0.2, 0.25) is 0 Å². The topological polar surface area (TPSA) is 111 Å². The van der Waals surface area contributed by atoms with Gasteiger partial charge in [-0.1, -0.05) is 47.1 Å². The average molecular weight is 634 g/mol. The minimum atomic E-state index is -0.728. The molecule has 0 aromatic heterocycles. The Morgan fingerprint density at radius 2 is 1.58 bits per heavy atom. The van der Waals surface area contributed by atoms with Crippen molar-refractivity contribution in [2.24, 2.45) is 11.3 Å². The molecule has 10 nitrogen and oxygen atoms in total. The molecule has 0 unspecified atom stereocenters. The molecule has 2 fully saturated rings. The molecule has 2 aliphatic heterocycles. The van der Waals surface area contributed by atoms with Crippen LogP contribution in [0.25, 0.3) is 0 Å². The molecule has 0 aromatic rings. The monoisotopic (exact) mass is 633 g/mol. The number of amides is 4. The lowest BCUT2D eigenvalue weighted by Crippen LogP contribution is -2.60. The SMILES string of the molecule is C/C(=C\[C@H](C(C)C)N(C)C(=O)[C@@H](NC(=O)[C@H]1CCCCN1C(C)C)C(C)(C)C)C(=O)N1CCC[C@H]1C(=O)NCCCOC(C)C. The van der Waals surface area contributed by atoms with Gasteiger partial charge in [-0.2, -0.15) is 0 Å². The Kier molecular flexibility index (Phi) is 15.0. The zero-order chi connectivity index (χ0) is 34.1. The molecule has 0 saturated carbocycles. The van der Waals surface area contributed by atoms with Gasteiger partial charge in [-0.25, -0.2) is 0 Å². The molecule has 0 aromatic carbocycles. The van der Waals surface area contributed by atoms with Crippen LogP contribution in [0.1, 0.15) is 108 Å². The highest BCUT2D eigenvalue weighted by Crippen LogP contribution is 2.27. The first-order valence-corrected chi connectivity index (χ1v) is 17.2. The number of nitrogens with one attached hydrogen (secondary N) is 2. The van der Waals surface area contributed by atoms with Gasteiger partial charge in [-0.05, 0) is 84.6 Å². The molecular formula is C35H63N5O5. The third-order valence-corrected chi connectivity index (χ3v) is 9.03. The van der Waals surface area contributed by atoms with Crippen LogP contribution in [0.3, 0.4) is 0 Å². The molecule has 45 heavy (non-hydrogen) atoms. The van der Waals surface area contributed by atoms with E-state index >= 15 is 0 Å². The van der Waals surface area contributed by atoms with E-state index < -0.39 is 17.5 Å². The average Bonchev–Trinajstić information content (AvgIpc) is 3.46. The molecular weight excluding hydrogens is 570 g/mol. The lowest BCUT2D eigenvalue weighted by Gasteiger charge is -2.41. The normalized spacial score (nSPS) is 21.3. The quantitative estimate of drug-likeness (QED) is 0.220. The molecule has 2 heterocycles. The van der Waals surface area contributed by atoms with Gasteiger partial charge in [0, 0.05) is 38.4 Å². The van der Waals surface area contributed by atoms with E-state index in [2.05, 4.69) is 29.4 Å². The maximum absolute atomic E-state index is 14.1. The Morgan fingerprint density at radius 1 is 0.933 bits per heavy atom. The summed E-state index contributed by atoms with van der Waals surface area (Å²) in [5.74, 6) is -0.590. The van der Waals surface area contributed by atoms with Gasteiger partial charge in [-0.3, -0.25) is 24.1 Å². The van der Waals surface area contributed by atoms with E-state index in [1.54, 1.807) is 23.8 Å². The highest BCUT2D eigenvalue weighted by atomic mass is 16.5. The van der Waals surface area contributed by atoms with Gasteiger partial charge in [0.05, 0.1) is 18.2 Å². The maximum Gasteiger partial charge on any atom is 0.249 e. The van der Waals surface area contributed by atoms with E-state index in [0.717, 1.165) is 32.2 Å². The second kappa shape index (κ2) is 17.5. The van der Waals surface area contributed by atoms with Crippen molar-refractivity contribution in [2.45, 2.75) is 144 Å². The van der Waals surface area contributed by atoms with Crippen molar-refractivity contribution in [3.8, 4) is 0 Å². The van der Waals surface area contributed by atoms with E-state index in [9.17, 15) is 19.2 Å². The predicted molar refractivity (Wildman–Crippen MR) is 179 cm³/mol. The van der Waals surface area contributed by atoms with Crippen molar-refractivity contribution in [3.63, 3.8) is 0 Å². The van der Waals surface area contributed by atoms with Gasteiger partial charge in [0.25, 0.3) is 0 Å². The van der Waals surface area contributed by atoms with Crippen LogP contribution in [0, 0.1) is 11.3 Å². The summed E-state index contributed by atoms with van der Waals surface area (Å²) in [5.41, 5.74) is -0.0182. The predicted octanol–water partition coefficient (Wildman–Crippen LogP) is 4.13. The first-order chi connectivity index (χ1) is 21.0. The number of likely N-dealkylation sites (N-methyl/N-ethyl adjacent to an activating group) is 1. The van der Waals surface area contributed by atoms with Crippen molar-refractivity contribution in [2.75, 3.05) is 33.3 Å². The Hall–Kier alpha value is -2.46. The number of nitrogens with zero attached hydrogens (tertiary/aromatic N) is 3. The minimum absolute atomic E-state index is 0.0125. The number of likely N-dealkylation sites (tertiary alicyclic amines) is 2. The lowest BCUT2D eigenvalue weighted by atomic mass is 9.84. The van der Waals surface area contributed by atoms with Gasteiger partial charge in [0.2, 0.25) is 23.6 Å². The molecule has 2 saturated heterocycles. The number of rotatable bonds is 14. The smallest absolute Gasteiger partial charge is 0.249 e. The molecule has 10 heteroatoms.